The van der Waals surface area contributed by atoms with Gasteiger partial charge in [-0.3, -0.25) is 9.82 Å². The summed E-state index contributed by atoms with van der Waals surface area (Å²) in [6.45, 7) is 3.50. The molecule has 0 aliphatic rings. The van der Waals surface area contributed by atoms with E-state index in [0.717, 1.165) is 36.1 Å². The lowest BCUT2D eigenvalue weighted by atomic mass is 10.2. The number of hydrogen-bond donors (Lipinski definition) is 2. The molecular formula is C23H25ClFN7O2S. The number of rotatable bonds is 8. The molecule has 0 amide bonds. The summed E-state index contributed by atoms with van der Waals surface area (Å²) in [4.78, 5) is 13.0. The minimum Gasteiger partial charge on any atom is -0.358 e. The fourth-order valence-corrected chi connectivity index (χ4v) is 4.90. The van der Waals surface area contributed by atoms with Crippen LogP contribution in [-0.4, -0.2) is 67.7 Å². The quantitative estimate of drug-likeness (QED) is 0.365. The van der Waals surface area contributed by atoms with E-state index in [4.69, 9.17) is 16.6 Å². The fourth-order valence-electron chi connectivity index (χ4n) is 3.51. The third-order valence-corrected chi connectivity index (χ3v) is 7.12. The highest BCUT2D eigenvalue weighted by molar-refractivity contribution is 7.92. The zero-order valence-electron chi connectivity index (χ0n) is 19.7. The molecule has 0 fully saturated rings. The normalized spacial score (nSPS) is 11.9. The number of fused-ring (bicyclic) bond motifs is 1. The highest BCUT2D eigenvalue weighted by atomic mass is 35.5. The highest BCUT2D eigenvalue weighted by Crippen LogP contribution is 2.29. The van der Waals surface area contributed by atoms with Crippen molar-refractivity contribution in [2.75, 3.05) is 43.9 Å². The molecule has 0 unspecified atom stereocenters. The summed E-state index contributed by atoms with van der Waals surface area (Å²) in [6.07, 6.45) is 0. The Bertz CT molecular complexity index is 1470. The number of H-pyrrole nitrogens is 1. The number of nitrogens with zero attached hydrogens (tertiary/aromatic N) is 5. The Labute approximate surface area is 208 Å². The van der Waals surface area contributed by atoms with Gasteiger partial charge < -0.3 is 9.80 Å². The summed E-state index contributed by atoms with van der Waals surface area (Å²) in [7, 11) is 1.82. The van der Waals surface area contributed by atoms with E-state index in [9.17, 15) is 12.8 Å². The number of aromatic amines is 1. The number of sulfonamides is 1. The fraction of sp³-hybridized carbons (Fsp3) is 0.261. The first-order valence-electron chi connectivity index (χ1n) is 10.7. The van der Waals surface area contributed by atoms with Crippen LogP contribution in [0.4, 0.5) is 15.9 Å². The Kier molecular flexibility index (Phi) is 6.93. The molecule has 0 aliphatic heterocycles. The van der Waals surface area contributed by atoms with E-state index in [2.05, 4.69) is 29.7 Å². The standard InChI is InChI=1S/C23H25ClFN7O2S/c1-14-19-22(29-28-14)26-21(27-23(19)32(4)13-12-31(2)3)15-8-10-16(11-9-15)30-35(33,34)18-7-5-6-17(24)20(18)25/h5-11,30H,12-13H2,1-4H3,(H,26,27,28,29). The molecule has 2 aromatic carbocycles. The van der Waals surface area contributed by atoms with Crippen LogP contribution in [0.5, 0.6) is 0 Å². The van der Waals surface area contributed by atoms with Crippen LogP contribution >= 0.6 is 11.6 Å². The Morgan fingerprint density at radius 3 is 2.46 bits per heavy atom. The zero-order valence-corrected chi connectivity index (χ0v) is 21.2. The molecule has 0 aliphatic carbocycles. The Morgan fingerprint density at radius 2 is 1.77 bits per heavy atom. The van der Waals surface area contributed by atoms with Crippen LogP contribution in [0.15, 0.2) is 47.4 Å². The van der Waals surface area contributed by atoms with Gasteiger partial charge in [-0.25, -0.2) is 22.8 Å². The number of halogens is 2. The molecule has 4 rings (SSSR count). The minimum absolute atomic E-state index is 0.259. The van der Waals surface area contributed by atoms with Gasteiger partial charge in [-0.15, -0.1) is 0 Å². The molecule has 2 N–H and O–H groups in total. The third kappa shape index (κ3) is 5.21. The largest absolute Gasteiger partial charge is 0.358 e. The van der Waals surface area contributed by atoms with E-state index < -0.39 is 20.7 Å². The number of likely N-dealkylation sites (N-methyl/N-ethyl adjacent to an activating group) is 2. The molecule has 0 bridgehead atoms. The van der Waals surface area contributed by atoms with Gasteiger partial charge in [0.15, 0.2) is 17.3 Å². The number of nitrogens with one attached hydrogen (secondary N) is 2. The molecule has 4 aromatic rings. The Balaban J connectivity index is 1.64. The first-order chi connectivity index (χ1) is 16.6. The van der Waals surface area contributed by atoms with Gasteiger partial charge in [0, 0.05) is 31.4 Å². The Hall–Kier alpha value is -3.28. The lowest BCUT2D eigenvalue weighted by Gasteiger charge is -2.21. The van der Waals surface area contributed by atoms with Crippen LogP contribution < -0.4 is 9.62 Å². The SMILES string of the molecule is Cc1n[nH]c2nc(-c3ccc(NS(=O)(=O)c4cccc(Cl)c4F)cc3)nc(N(C)CCN(C)C)c12. The second kappa shape index (κ2) is 9.76. The number of hydrogen-bond acceptors (Lipinski definition) is 7. The van der Waals surface area contributed by atoms with Crippen molar-refractivity contribution in [3.63, 3.8) is 0 Å². The molecule has 0 radical (unpaired) electrons. The molecular weight excluding hydrogens is 493 g/mol. The van der Waals surface area contributed by atoms with Gasteiger partial charge in [0.1, 0.15) is 10.7 Å². The predicted octanol–water partition coefficient (Wildman–Crippen LogP) is 3.92. The molecule has 0 spiro atoms. The average molecular weight is 518 g/mol. The van der Waals surface area contributed by atoms with Gasteiger partial charge >= 0.3 is 0 Å². The van der Waals surface area contributed by atoms with Crippen molar-refractivity contribution in [1.29, 1.82) is 0 Å². The number of aryl methyl sites for hydroxylation is 1. The summed E-state index contributed by atoms with van der Waals surface area (Å²) < 4.78 is 41.9. The third-order valence-electron chi connectivity index (χ3n) is 5.43. The lowest BCUT2D eigenvalue weighted by Crippen LogP contribution is -2.29. The van der Waals surface area contributed by atoms with Crippen LogP contribution in [-0.2, 0) is 10.0 Å². The van der Waals surface area contributed by atoms with Gasteiger partial charge in [-0.2, -0.15) is 5.10 Å². The Morgan fingerprint density at radius 1 is 1.06 bits per heavy atom. The van der Waals surface area contributed by atoms with E-state index in [1.807, 2.05) is 28.1 Å². The number of anilines is 2. The van der Waals surface area contributed by atoms with Crippen LogP contribution in [0.2, 0.25) is 5.02 Å². The minimum atomic E-state index is -4.17. The topological polar surface area (TPSA) is 107 Å². The second-order valence-corrected chi connectivity index (χ2v) is 10.4. The van der Waals surface area contributed by atoms with Gasteiger partial charge in [0.25, 0.3) is 10.0 Å². The summed E-state index contributed by atoms with van der Waals surface area (Å²) in [5.74, 6) is 0.211. The smallest absolute Gasteiger partial charge is 0.264 e. The van der Waals surface area contributed by atoms with Gasteiger partial charge in [0.2, 0.25) is 0 Å². The maximum absolute atomic E-state index is 14.2. The molecule has 2 aromatic heterocycles. The van der Waals surface area contributed by atoms with E-state index in [-0.39, 0.29) is 10.7 Å². The molecule has 9 nitrogen and oxygen atoms in total. The summed E-state index contributed by atoms with van der Waals surface area (Å²) in [5, 5.41) is 7.82. The van der Waals surface area contributed by atoms with E-state index in [1.165, 1.54) is 12.1 Å². The van der Waals surface area contributed by atoms with Gasteiger partial charge in [0.05, 0.1) is 16.1 Å². The van der Waals surface area contributed by atoms with Crippen molar-refractivity contribution in [2.24, 2.45) is 0 Å². The van der Waals surface area contributed by atoms with Crippen LogP contribution in [0.1, 0.15) is 5.69 Å². The maximum atomic E-state index is 14.2. The zero-order chi connectivity index (χ0) is 25.3. The molecule has 0 saturated heterocycles. The lowest BCUT2D eigenvalue weighted by molar-refractivity contribution is 0.416. The second-order valence-electron chi connectivity index (χ2n) is 8.36. The first-order valence-corrected chi connectivity index (χ1v) is 12.6. The summed E-state index contributed by atoms with van der Waals surface area (Å²) >= 11 is 5.73. The first kappa shape index (κ1) is 24.8. The molecule has 12 heteroatoms. The van der Waals surface area contributed by atoms with Crippen LogP contribution in [0.3, 0.4) is 0 Å². The van der Waals surface area contributed by atoms with Crippen molar-refractivity contribution in [3.8, 4) is 11.4 Å². The summed E-state index contributed by atoms with van der Waals surface area (Å²) in [5.41, 5.74) is 2.35. The van der Waals surface area contributed by atoms with E-state index in [1.54, 1.807) is 24.3 Å². The van der Waals surface area contributed by atoms with Crippen molar-refractivity contribution in [2.45, 2.75) is 11.8 Å². The average Bonchev–Trinajstić information content (AvgIpc) is 3.19. The van der Waals surface area contributed by atoms with Crippen molar-refractivity contribution in [1.82, 2.24) is 25.1 Å². The van der Waals surface area contributed by atoms with E-state index in [0.29, 0.717) is 17.0 Å². The predicted molar refractivity (Wildman–Crippen MR) is 136 cm³/mol. The molecule has 184 valence electrons. The van der Waals surface area contributed by atoms with Crippen molar-refractivity contribution < 1.29 is 12.8 Å². The highest BCUT2D eigenvalue weighted by Gasteiger charge is 2.21. The maximum Gasteiger partial charge on any atom is 0.264 e. The molecule has 2 heterocycles. The molecule has 0 saturated carbocycles. The molecule has 0 atom stereocenters. The number of aromatic nitrogens is 4. The molecule has 35 heavy (non-hydrogen) atoms. The number of benzene rings is 2. The van der Waals surface area contributed by atoms with Crippen LogP contribution in [0, 0.1) is 12.7 Å². The van der Waals surface area contributed by atoms with Crippen molar-refractivity contribution >= 4 is 44.2 Å². The van der Waals surface area contributed by atoms with Crippen molar-refractivity contribution in [3.05, 3.63) is 59.0 Å². The monoisotopic (exact) mass is 517 g/mol. The summed E-state index contributed by atoms with van der Waals surface area (Å²) in [6, 6.07) is 10.3. The van der Waals surface area contributed by atoms with Gasteiger partial charge in [-0.1, -0.05) is 17.7 Å². The van der Waals surface area contributed by atoms with Gasteiger partial charge in [-0.05, 0) is 57.4 Å². The van der Waals surface area contributed by atoms with Crippen LogP contribution in [0.25, 0.3) is 22.4 Å². The van der Waals surface area contributed by atoms with E-state index >= 15 is 0 Å².